The molecule has 0 heterocycles. The van der Waals surface area contributed by atoms with Crippen molar-refractivity contribution in [2.24, 2.45) is 5.92 Å². The van der Waals surface area contributed by atoms with Gasteiger partial charge in [-0.15, -0.1) is 0 Å². The highest BCUT2D eigenvalue weighted by molar-refractivity contribution is 5.55. The molecule has 5 rings (SSSR count). The predicted molar refractivity (Wildman–Crippen MR) is 222 cm³/mol. The smallest absolute Gasteiger partial charge is 0.133 e. The molecule has 0 saturated heterocycles. The number of anilines is 2. The number of ether oxygens (including phenoxy) is 2. The Morgan fingerprint density at radius 2 is 0.942 bits per heavy atom. The lowest BCUT2D eigenvalue weighted by molar-refractivity contribution is 0.240. The Morgan fingerprint density at radius 3 is 1.35 bits per heavy atom. The molecule has 0 spiro atoms. The van der Waals surface area contributed by atoms with E-state index in [-0.39, 0.29) is 5.41 Å². The predicted octanol–water partition coefficient (Wildman–Crippen LogP) is 14.2. The van der Waals surface area contributed by atoms with Gasteiger partial charge >= 0.3 is 0 Å². The van der Waals surface area contributed by atoms with Gasteiger partial charge in [-0.05, 0) is 128 Å². The summed E-state index contributed by atoms with van der Waals surface area (Å²) >= 11 is 0. The maximum Gasteiger partial charge on any atom is 0.133 e. The lowest BCUT2D eigenvalue weighted by Crippen LogP contribution is -2.35. The maximum absolute atomic E-state index is 6.46. The first kappa shape index (κ1) is 39.3. The quantitative estimate of drug-likeness (QED) is 0.0754. The van der Waals surface area contributed by atoms with Crippen LogP contribution in [0.3, 0.4) is 0 Å². The van der Waals surface area contributed by atoms with E-state index in [1.807, 2.05) is 48.5 Å². The van der Waals surface area contributed by atoms with Crippen molar-refractivity contribution in [3.8, 4) is 23.0 Å². The van der Waals surface area contributed by atoms with Gasteiger partial charge in [-0.1, -0.05) is 128 Å². The standard InChI is InChI=1S/C48H66N2O2/c1-6-7-8-9-10-11-12-13-14-15-16-17-19-39-20-18-29-48(34-39,40-30-35(2)46(36(3)31-40)51-44-25-21-42(49)22-26-44)41-32-37(4)47(38(5)33-41)52-45-27-23-43(50)24-28-45/h21-28,30-33,39H,6-20,29,34,49-50H2,1-5H3. The number of benzene rings is 4. The van der Waals surface area contributed by atoms with Crippen LogP contribution in [0, 0.1) is 33.6 Å². The summed E-state index contributed by atoms with van der Waals surface area (Å²) in [4.78, 5) is 0. The molecule has 0 amide bonds. The molecule has 4 N–H and O–H groups in total. The largest absolute Gasteiger partial charge is 0.457 e. The second-order valence-electron chi connectivity index (χ2n) is 15.9. The molecule has 1 aliphatic rings. The van der Waals surface area contributed by atoms with Crippen LogP contribution in [0.2, 0.25) is 0 Å². The molecule has 4 nitrogen and oxygen atoms in total. The number of rotatable bonds is 19. The van der Waals surface area contributed by atoms with Crippen LogP contribution in [0.25, 0.3) is 0 Å². The Morgan fingerprint density at radius 1 is 0.558 bits per heavy atom. The van der Waals surface area contributed by atoms with E-state index in [0.717, 1.165) is 46.7 Å². The first-order valence-electron chi connectivity index (χ1n) is 20.5. The molecular weight excluding hydrogens is 637 g/mol. The normalized spacial score (nSPS) is 15.4. The van der Waals surface area contributed by atoms with E-state index in [1.165, 1.54) is 136 Å². The number of nitrogens with two attached hydrogens (primary N) is 2. The zero-order chi connectivity index (χ0) is 36.9. The minimum atomic E-state index is -0.0649. The summed E-state index contributed by atoms with van der Waals surface area (Å²) in [6.45, 7) is 11.1. The van der Waals surface area contributed by atoms with E-state index in [9.17, 15) is 0 Å². The Kier molecular flexibility index (Phi) is 14.5. The maximum atomic E-state index is 6.46. The Bertz CT molecular complexity index is 1540. The minimum Gasteiger partial charge on any atom is -0.457 e. The van der Waals surface area contributed by atoms with Crippen LogP contribution in [-0.4, -0.2) is 0 Å². The van der Waals surface area contributed by atoms with Crippen molar-refractivity contribution in [3.63, 3.8) is 0 Å². The van der Waals surface area contributed by atoms with Gasteiger partial charge in [0.05, 0.1) is 0 Å². The van der Waals surface area contributed by atoms with Crippen molar-refractivity contribution < 1.29 is 9.47 Å². The SMILES string of the molecule is CCCCCCCCCCCCCCC1CCCC(c2cc(C)c(Oc3ccc(N)cc3)c(C)c2)(c2cc(C)c(Oc3ccc(N)cc3)c(C)c2)C1. The molecule has 4 aromatic rings. The first-order valence-corrected chi connectivity index (χ1v) is 20.5. The lowest BCUT2D eigenvalue weighted by Gasteiger charge is -2.43. The lowest BCUT2D eigenvalue weighted by atomic mass is 9.61. The molecule has 52 heavy (non-hydrogen) atoms. The van der Waals surface area contributed by atoms with Crippen LogP contribution >= 0.6 is 0 Å². The number of nitrogen functional groups attached to an aromatic ring is 2. The van der Waals surface area contributed by atoms with Crippen LogP contribution in [0.15, 0.2) is 72.8 Å². The van der Waals surface area contributed by atoms with Crippen molar-refractivity contribution in [2.75, 3.05) is 11.5 Å². The molecule has 280 valence electrons. The minimum absolute atomic E-state index is 0.0649. The molecule has 1 fully saturated rings. The Hall–Kier alpha value is -3.92. The van der Waals surface area contributed by atoms with Gasteiger partial charge in [0, 0.05) is 16.8 Å². The molecule has 1 aliphatic carbocycles. The fourth-order valence-electron chi connectivity index (χ4n) is 8.68. The molecule has 1 unspecified atom stereocenters. The first-order chi connectivity index (χ1) is 25.2. The summed E-state index contributed by atoms with van der Waals surface area (Å²) < 4.78 is 12.9. The van der Waals surface area contributed by atoms with E-state index in [4.69, 9.17) is 20.9 Å². The molecule has 1 atom stereocenters. The molecule has 4 aromatic carbocycles. The van der Waals surface area contributed by atoms with Gasteiger partial charge in [0.15, 0.2) is 0 Å². The third kappa shape index (κ3) is 10.6. The third-order valence-electron chi connectivity index (χ3n) is 11.5. The van der Waals surface area contributed by atoms with Gasteiger partial charge in [-0.2, -0.15) is 0 Å². The van der Waals surface area contributed by atoms with Gasteiger partial charge in [0.25, 0.3) is 0 Å². The summed E-state index contributed by atoms with van der Waals surface area (Å²) in [5, 5.41) is 0. The number of hydrogen-bond donors (Lipinski definition) is 2. The van der Waals surface area contributed by atoms with E-state index < -0.39 is 0 Å². The number of aryl methyl sites for hydroxylation is 4. The van der Waals surface area contributed by atoms with Gasteiger partial charge in [-0.3, -0.25) is 0 Å². The van der Waals surface area contributed by atoms with Gasteiger partial charge < -0.3 is 20.9 Å². The third-order valence-corrected chi connectivity index (χ3v) is 11.5. The molecule has 0 aromatic heterocycles. The fourth-order valence-corrected chi connectivity index (χ4v) is 8.68. The second kappa shape index (κ2) is 19.2. The topological polar surface area (TPSA) is 70.5 Å². The highest BCUT2D eigenvalue weighted by Gasteiger charge is 2.40. The molecule has 1 saturated carbocycles. The van der Waals surface area contributed by atoms with Crippen LogP contribution in [-0.2, 0) is 5.41 Å². The van der Waals surface area contributed by atoms with E-state index in [0.29, 0.717) is 0 Å². The van der Waals surface area contributed by atoms with Crippen LogP contribution in [0.1, 0.15) is 149 Å². The second-order valence-corrected chi connectivity index (χ2v) is 15.9. The van der Waals surface area contributed by atoms with Crippen LogP contribution < -0.4 is 20.9 Å². The van der Waals surface area contributed by atoms with E-state index >= 15 is 0 Å². The molecule has 0 aliphatic heterocycles. The highest BCUT2D eigenvalue weighted by Crippen LogP contribution is 2.51. The van der Waals surface area contributed by atoms with Gasteiger partial charge in [0.2, 0.25) is 0 Å². The molecule has 0 bridgehead atoms. The van der Waals surface area contributed by atoms with Crippen molar-refractivity contribution >= 4 is 11.4 Å². The number of unbranched alkanes of at least 4 members (excludes halogenated alkanes) is 11. The van der Waals surface area contributed by atoms with E-state index in [1.54, 1.807) is 0 Å². The Labute approximate surface area is 315 Å². The summed E-state index contributed by atoms with van der Waals surface area (Å²) in [5.74, 6) is 4.21. The van der Waals surface area contributed by atoms with E-state index in [2.05, 4.69) is 58.9 Å². The summed E-state index contributed by atoms with van der Waals surface area (Å²) in [6.07, 6.45) is 23.0. The fraction of sp³-hybridized carbons (Fsp3) is 0.500. The van der Waals surface area contributed by atoms with Crippen LogP contribution in [0.5, 0.6) is 23.0 Å². The van der Waals surface area contributed by atoms with Crippen molar-refractivity contribution in [3.05, 3.63) is 106 Å². The van der Waals surface area contributed by atoms with Crippen LogP contribution in [0.4, 0.5) is 11.4 Å². The van der Waals surface area contributed by atoms with Crippen molar-refractivity contribution in [1.82, 2.24) is 0 Å². The average molecular weight is 703 g/mol. The van der Waals surface area contributed by atoms with Crippen molar-refractivity contribution in [1.29, 1.82) is 0 Å². The summed E-state index contributed by atoms with van der Waals surface area (Å²) in [7, 11) is 0. The molecular formula is C48H66N2O2. The zero-order valence-electron chi connectivity index (χ0n) is 33.0. The van der Waals surface area contributed by atoms with Gasteiger partial charge in [0.1, 0.15) is 23.0 Å². The van der Waals surface area contributed by atoms with Crippen molar-refractivity contribution in [2.45, 2.75) is 149 Å². The molecule has 4 heteroatoms. The monoisotopic (exact) mass is 703 g/mol. The Balaban J connectivity index is 1.33. The molecule has 0 radical (unpaired) electrons. The average Bonchev–Trinajstić information content (AvgIpc) is 3.13. The summed E-state index contributed by atoms with van der Waals surface area (Å²) in [5.41, 5.74) is 20.8. The number of hydrogen-bond acceptors (Lipinski definition) is 4. The highest BCUT2D eigenvalue weighted by atomic mass is 16.5. The zero-order valence-corrected chi connectivity index (χ0v) is 33.0. The summed E-state index contributed by atoms with van der Waals surface area (Å²) in [6, 6.07) is 25.0. The van der Waals surface area contributed by atoms with Gasteiger partial charge in [-0.25, -0.2) is 0 Å².